The average Bonchev–Trinajstić information content (AvgIpc) is 2.99. The number of ether oxygens (including phenoxy) is 1. The van der Waals surface area contributed by atoms with Crippen LogP contribution >= 0.6 is 0 Å². The van der Waals surface area contributed by atoms with E-state index in [2.05, 4.69) is 10.6 Å². The summed E-state index contributed by atoms with van der Waals surface area (Å²) >= 11 is 0. The summed E-state index contributed by atoms with van der Waals surface area (Å²) in [4.78, 5) is 54.5. The van der Waals surface area contributed by atoms with Gasteiger partial charge in [-0.05, 0) is 48.7 Å². The first kappa shape index (κ1) is 29.5. The molecule has 0 aromatic heterocycles. The summed E-state index contributed by atoms with van der Waals surface area (Å²) in [5.41, 5.74) is 9.69. The molecule has 4 N–H and O–H groups in total. The van der Waals surface area contributed by atoms with Gasteiger partial charge in [0, 0.05) is 31.4 Å². The van der Waals surface area contributed by atoms with E-state index in [0.717, 1.165) is 16.7 Å². The Bertz CT molecular complexity index is 1410. The van der Waals surface area contributed by atoms with E-state index in [1.807, 2.05) is 43.3 Å². The zero-order chi connectivity index (χ0) is 29.4. The smallest absolute Gasteiger partial charge is 0.247 e. The number of nitrogens with zero attached hydrogens (tertiary/aromatic N) is 1. The standard InChI is InChI=1S/C32H36N4O5/c1-21-12-13-25(29(18-21)41-2)34-31(39)26(16-17-33)35-32(40)27-19-23-10-6-7-11-24(23)20-36(27)30(38)15-14-28(37)22-8-4-3-5-9-22/h3-13,18,26-27H,14-17,19-20,33H2,1-2H3,(H,34,39)(H,35,40)/t26-,27-/m0/s1. The van der Waals surface area contributed by atoms with Crippen LogP contribution in [0.2, 0.25) is 0 Å². The highest BCUT2D eigenvalue weighted by Gasteiger charge is 2.36. The summed E-state index contributed by atoms with van der Waals surface area (Å²) in [6.07, 6.45) is 0.503. The first-order valence-electron chi connectivity index (χ1n) is 13.7. The van der Waals surface area contributed by atoms with Crippen molar-refractivity contribution in [2.24, 2.45) is 5.73 Å². The molecular weight excluding hydrogens is 520 g/mol. The number of hydrogen-bond donors (Lipinski definition) is 3. The van der Waals surface area contributed by atoms with Crippen LogP contribution in [0, 0.1) is 6.92 Å². The monoisotopic (exact) mass is 556 g/mol. The normalized spacial score (nSPS) is 14.9. The minimum absolute atomic E-state index is 0.0282. The second-order valence-corrected chi connectivity index (χ2v) is 10.1. The lowest BCUT2D eigenvalue weighted by atomic mass is 9.92. The number of Topliss-reactive ketones (excluding diaryl/α,β-unsaturated/α-hetero) is 1. The number of benzene rings is 3. The highest BCUT2D eigenvalue weighted by atomic mass is 16.5. The van der Waals surface area contributed by atoms with Crippen molar-refractivity contribution in [1.82, 2.24) is 10.2 Å². The molecule has 1 aliphatic heterocycles. The minimum Gasteiger partial charge on any atom is -0.495 e. The molecule has 0 fully saturated rings. The van der Waals surface area contributed by atoms with Crippen molar-refractivity contribution in [3.8, 4) is 5.75 Å². The zero-order valence-corrected chi connectivity index (χ0v) is 23.4. The maximum atomic E-state index is 13.7. The number of nitrogens with two attached hydrogens (primary N) is 1. The van der Waals surface area contributed by atoms with E-state index in [1.54, 1.807) is 36.4 Å². The fraction of sp³-hybridized carbons (Fsp3) is 0.312. The number of carbonyl (C=O) groups is 4. The number of anilines is 1. The third-order valence-electron chi connectivity index (χ3n) is 7.24. The number of carbonyl (C=O) groups excluding carboxylic acids is 4. The van der Waals surface area contributed by atoms with E-state index in [4.69, 9.17) is 10.5 Å². The zero-order valence-electron chi connectivity index (χ0n) is 23.4. The predicted octanol–water partition coefficient (Wildman–Crippen LogP) is 3.39. The molecule has 214 valence electrons. The van der Waals surface area contributed by atoms with Crippen molar-refractivity contribution < 1.29 is 23.9 Å². The lowest BCUT2D eigenvalue weighted by Crippen LogP contribution is -2.56. The van der Waals surface area contributed by atoms with E-state index < -0.39 is 23.9 Å². The number of amides is 3. The fourth-order valence-corrected chi connectivity index (χ4v) is 4.98. The number of aryl methyl sites for hydroxylation is 1. The van der Waals surface area contributed by atoms with Gasteiger partial charge in [0.25, 0.3) is 0 Å². The van der Waals surface area contributed by atoms with Crippen LogP contribution < -0.4 is 21.1 Å². The molecule has 0 radical (unpaired) electrons. The van der Waals surface area contributed by atoms with Crippen molar-refractivity contribution >= 4 is 29.2 Å². The summed E-state index contributed by atoms with van der Waals surface area (Å²) in [5, 5.41) is 5.66. The van der Waals surface area contributed by atoms with Gasteiger partial charge < -0.3 is 26.0 Å². The molecule has 3 aromatic carbocycles. The second-order valence-electron chi connectivity index (χ2n) is 10.1. The SMILES string of the molecule is COc1cc(C)ccc1NC(=O)[C@H](CCN)NC(=O)[C@@H]1Cc2ccccc2CN1C(=O)CCC(=O)c1ccccc1. The van der Waals surface area contributed by atoms with Gasteiger partial charge in [0.1, 0.15) is 17.8 Å². The Morgan fingerprint density at radius 1 is 0.976 bits per heavy atom. The van der Waals surface area contributed by atoms with E-state index in [1.165, 1.54) is 12.0 Å². The highest BCUT2D eigenvalue weighted by molar-refractivity contribution is 6.00. The summed E-state index contributed by atoms with van der Waals surface area (Å²) in [5.74, 6) is -0.821. The van der Waals surface area contributed by atoms with Crippen LogP contribution in [0.3, 0.4) is 0 Å². The van der Waals surface area contributed by atoms with Crippen LogP contribution in [-0.2, 0) is 27.3 Å². The molecule has 9 heteroatoms. The fourth-order valence-electron chi connectivity index (χ4n) is 4.98. The molecule has 1 heterocycles. The highest BCUT2D eigenvalue weighted by Crippen LogP contribution is 2.27. The first-order chi connectivity index (χ1) is 19.8. The van der Waals surface area contributed by atoms with Gasteiger partial charge in [0.2, 0.25) is 17.7 Å². The van der Waals surface area contributed by atoms with Crippen LogP contribution in [0.25, 0.3) is 0 Å². The molecule has 9 nitrogen and oxygen atoms in total. The van der Waals surface area contributed by atoms with Crippen molar-refractivity contribution in [2.45, 2.75) is 51.2 Å². The lowest BCUT2D eigenvalue weighted by Gasteiger charge is -2.36. The van der Waals surface area contributed by atoms with Gasteiger partial charge in [0.15, 0.2) is 5.78 Å². The summed E-state index contributed by atoms with van der Waals surface area (Å²) in [7, 11) is 1.52. The maximum Gasteiger partial charge on any atom is 0.247 e. The summed E-state index contributed by atoms with van der Waals surface area (Å²) in [6.45, 7) is 2.32. The van der Waals surface area contributed by atoms with Gasteiger partial charge in [-0.15, -0.1) is 0 Å². The molecule has 4 rings (SSSR count). The third kappa shape index (κ3) is 7.37. The van der Waals surface area contributed by atoms with Gasteiger partial charge in [-0.25, -0.2) is 0 Å². The third-order valence-corrected chi connectivity index (χ3v) is 7.24. The second kappa shape index (κ2) is 13.7. The Morgan fingerprint density at radius 2 is 1.68 bits per heavy atom. The van der Waals surface area contributed by atoms with Gasteiger partial charge >= 0.3 is 0 Å². The first-order valence-corrected chi connectivity index (χ1v) is 13.7. The number of rotatable bonds is 11. The quantitative estimate of drug-likeness (QED) is 0.311. The molecule has 0 bridgehead atoms. The molecule has 41 heavy (non-hydrogen) atoms. The Labute approximate surface area is 240 Å². The number of nitrogens with one attached hydrogen (secondary N) is 2. The van der Waals surface area contributed by atoms with Crippen LogP contribution in [0.1, 0.15) is 46.3 Å². The Kier molecular flexibility index (Phi) is 9.86. The maximum absolute atomic E-state index is 13.7. The molecule has 2 atom stereocenters. The minimum atomic E-state index is -0.924. The Morgan fingerprint density at radius 3 is 2.39 bits per heavy atom. The number of fused-ring (bicyclic) bond motifs is 1. The van der Waals surface area contributed by atoms with Crippen molar-refractivity contribution in [3.63, 3.8) is 0 Å². The Hall–Kier alpha value is -4.50. The molecule has 0 saturated heterocycles. The lowest BCUT2D eigenvalue weighted by molar-refractivity contribution is -0.142. The van der Waals surface area contributed by atoms with Crippen LogP contribution in [-0.4, -0.2) is 54.1 Å². The molecule has 0 saturated carbocycles. The molecule has 1 aliphatic rings. The van der Waals surface area contributed by atoms with Gasteiger partial charge in [0.05, 0.1) is 12.8 Å². The Balaban J connectivity index is 1.50. The largest absolute Gasteiger partial charge is 0.495 e. The molecule has 3 amide bonds. The van der Waals surface area contributed by atoms with Crippen LogP contribution in [0.4, 0.5) is 5.69 Å². The van der Waals surface area contributed by atoms with Crippen molar-refractivity contribution in [2.75, 3.05) is 19.0 Å². The summed E-state index contributed by atoms with van der Waals surface area (Å²) in [6, 6.07) is 20.1. The topological polar surface area (TPSA) is 131 Å². The average molecular weight is 557 g/mol. The number of methoxy groups -OCH3 is 1. The predicted molar refractivity (Wildman–Crippen MR) is 156 cm³/mol. The van der Waals surface area contributed by atoms with Crippen LogP contribution in [0.5, 0.6) is 5.75 Å². The molecule has 0 spiro atoms. The molecule has 0 unspecified atom stereocenters. The van der Waals surface area contributed by atoms with E-state index in [9.17, 15) is 19.2 Å². The van der Waals surface area contributed by atoms with Gasteiger partial charge in [-0.3, -0.25) is 19.2 Å². The molecule has 3 aromatic rings. The van der Waals surface area contributed by atoms with Crippen molar-refractivity contribution in [3.05, 3.63) is 95.1 Å². The van der Waals surface area contributed by atoms with E-state index in [0.29, 0.717) is 23.4 Å². The summed E-state index contributed by atoms with van der Waals surface area (Å²) < 4.78 is 5.39. The van der Waals surface area contributed by atoms with Crippen LogP contribution in [0.15, 0.2) is 72.8 Å². The van der Waals surface area contributed by atoms with Gasteiger partial charge in [-0.2, -0.15) is 0 Å². The van der Waals surface area contributed by atoms with E-state index in [-0.39, 0.29) is 44.0 Å². The molecular formula is C32H36N4O5. The van der Waals surface area contributed by atoms with Crippen molar-refractivity contribution in [1.29, 1.82) is 0 Å². The van der Waals surface area contributed by atoms with E-state index >= 15 is 0 Å². The van der Waals surface area contributed by atoms with Gasteiger partial charge in [-0.1, -0.05) is 60.7 Å². The molecule has 0 aliphatic carbocycles. The number of ketones is 1. The number of hydrogen-bond acceptors (Lipinski definition) is 6.